The summed E-state index contributed by atoms with van der Waals surface area (Å²) in [5.74, 6) is 0.751. The normalized spacial score (nSPS) is 11.7. The number of ether oxygens (including phenoxy) is 7. The molecule has 0 atom stereocenters. The van der Waals surface area contributed by atoms with Gasteiger partial charge < -0.3 is 53.3 Å². The highest BCUT2D eigenvalue weighted by Gasteiger charge is 2.18. The van der Waals surface area contributed by atoms with Gasteiger partial charge in [-0.3, -0.25) is 0 Å². The molecule has 0 saturated carbocycles. The fourth-order valence-electron chi connectivity index (χ4n) is 3.00. The van der Waals surface area contributed by atoms with Crippen LogP contribution in [0.1, 0.15) is 0 Å². The molecule has 1 aromatic rings. The average Bonchev–Trinajstić information content (AvgIpc) is 2.87. The molecular formula is C26H50N2O9Si. The third-order valence-corrected chi connectivity index (χ3v) is 5.73. The molecule has 0 bridgehead atoms. The first-order valence-corrected chi connectivity index (χ1v) is 16.7. The number of likely N-dealkylation sites (N-methyl/N-ethyl adjacent to an activating group) is 1. The van der Waals surface area contributed by atoms with E-state index in [9.17, 15) is 0 Å². The molecule has 0 unspecified atom stereocenters. The molecule has 12 heteroatoms. The number of rotatable bonds is 26. The van der Waals surface area contributed by atoms with Crippen molar-refractivity contribution in [1.29, 1.82) is 0 Å². The van der Waals surface area contributed by atoms with Crippen LogP contribution in [0.25, 0.3) is 0 Å². The van der Waals surface area contributed by atoms with Gasteiger partial charge >= 0.3 is 0 Å². The summed E-state index contributed by atoms with van der Waals surface area (Å²) in [5, 5.41) is 8.57. The van der Waals surface area contributed by atoms with Crippen molar-refractivity contribution in [1.82, 2.24) is 0 Å². The Bertz CT molecular complexity index is 695. The second-order valence-electron chi connectivity index (χ2n) is 9.37. The molecule has 222 valence electrons. The highest BCUT2D eigenvalue weighted by Crippen LogP contribution is 2.29. The summed E-state index contributed by atoms with van der Waals surface area (Å²) in [6, 6.07) is 5.87. The van der Waals surface area contributed by atoms with Gasteiger partial charge in [-0.05, 0) is 31.8 Å². The van der Waals surface area contributed by atoms with E-state index < -0.39 is 8.32 Å². The highest BCUT2D eigenvalue weighted by molar-refractivity contribution is 6.70. The van der Waals surface area contributed by atoms with Crippen LogP contribution in [-0.2, 0) is 33.2 Å². The van der Waals surface area contributed by atoms with Crippen molar-refractivity contribution in [3.05, 3.63) is 18.2 Å². The lowest BCUT2D eigenvalue weighted by Crippen LogP contribution is -2.30. The van der Waals surface area contributed by atoms with Crippen LogP contribution >= 0.6 is 0 Å². The maximum atomic E-state index is 8.57. The summed E-state index contributed by atoms with van der Waals surface area (Å²) in [5.41, 5.74) is 7.78. The largest absolute Gasteiger partial charge is 0.543 e. The van der Waals surface area contributed by atoms with E-state index in [1.54, 1.807) is 0 Å². The summed E-state index contributed by atoms with van der Waals surface area (Å²) >= 11 is 0. The molecule has 11 nitrogen and oxygen atoms in total. The van der Waals surface area contributed by atoms with E-state index in [4.69, 9.17) is 48.4 Å². The van der Waals surface area contributed by atoms with Crippen molar-refractivity contribution in [2.24, 2.45) is 0 Å². The molecule has 1 aromatic carbocycles. The van der Waals surface area contributed by atoms with Gasteiger partial charge in [-0.25, -0.2) is 0 Å². The zero-order chi connectivity index (χ0) is 27.9. The number of nitrogens with zero attached hydrogens (tertiary/aromatic N) is 1. The number of nitrogens with two attached hydrogens (primary N) is 1. The number of nitrogen functional groups attached to an aromatic ring is 1. The summed E-state index contributed by atoms with van der Waals surface area (Å²) in [6.07, 6.45) is 0. The lowest BCUT2D eigenvalue weighted by Gasteiger charge is -2.24. The van der Waals surface area contributed by atoms with Crippen LogP contribution in [0.4, 0.5) is 11.4 Å². The van der Waals surface area contributed by atoms with Gasteiger partial charge in [0.1, 0.15) is 5.75 Å². The first-order chi connectivity index (χ1) is 18.3. The van der Waals surface area contributed by atoms with Crippen molar-refractivity contribution in [2.45, 2.75) is 19.6 Å². The summed E-state index contributed by atoms with van der Waals surface area (Å²) in [4.78, 5) is 2.12. The van der Waals surface area contributed by atoms with Crippen LogP contribution in [0.2, 0.25) is 19.6 Å². The molecule has 3 N–H and O–H groups in total. The monoisotopic (exact) mass is 562 g/mol. The van der Waals surface area contributed by atoms with Crippen molar-refractivity contribution in [3.8, 4) is 5.75 Å². The summed E-state index contributed by atoms with van der Waals surface area (Å²) in [6.45, 7) is 14.2. The smallest absolute Gasteiger partial charge is 0.242 e. The molecule has 0 radical (unpaired) electrons. The second-order valence-corrected chi connectivity index (χ2v) is 13.8. The SMILES string of the molecule is CN(CCOCCOCCOCCOCCOCCOCCOCCO)c1ccc(N)c(O[Si](C)(C)C)c1. The highest BCUT2D eigenvalue weighted by atomic mass is 28.4. The number of aliphatic hydroxyl groups is 1. The van der Waals surface area contributed by atoms with Crippen LogP contribution in [0.5, 0.6) is 5.75 Å². The lowest BCUT2D eigenvalue weighted by molar-refractivity contribution is -0.0212. The Kier molecular flexibility index (Phi) is 20.3. The molecule has 0 heterocycles. The van der Waals surface area contributed by atoms with Crippen LogP contribution in [0.3, 0.4) is 0 Å². The lowest BCUT2D eigenvalue weighted by atomic mass is 10.2. The van der Waals surface area contributed by atoms with Gasteiger partial charge in [-0.2, -0.15) is 0 Å². The maximum Gasteiger partial charge on any atom is 0.242 e. The predicted octanol–water partition coefficient (Wildman–Crippen LogP) is 2.03. The molecule has 0 amide bonds. The molecular weight excluding hydrogens is 512 g/mol. The van der Waals surface area contributed by atoms with Crippen molar-refractivity contribution >= 4 is 19.7 Å². The van der Waals surface area contributed by atoms with Crippen molar-refractivity contribution in [2.75, 3.05) is 123 Å². The standard InChI is InChI=1S/C26H50N2O9Si/c1-28(24-5-6-25(27)26(23-24)37-38(2,3)4)7-9-30-11-13-32-15-17-34-19-21-36-22-20-35-18-16-33-14-12-31-10-8-29/h5-6,23,29H,7-22,27H2,1-4H3. The first kappa shape index (κ1) is 34.5. The molecule has 1 rings (SSSR count). The van der Waals surface area contributed by atoms with Gasteiger partial charge in [0.2, 0.25) is 8.32 Å². The number of anilines is 2. The fraction of sp³-hybridized carbons (Fsp3) is 0.769. The summed E-state index contributed by atoms with van der Waals surface area (Å²) < 4.78 is 44.1. The Labute approximate surface area is 229 Å². The van der Waals surface area contributed by atoms with Crippen LogP contribution in [0.15, 0.2) is 18.2 Å². The van der Waals surface area contributed by atoms with E-state index in [2.05, 4.69) is 24.5 Å². The number of aliphatic hydroxyl groups excluding tert-OH is 1. The minimum Gasteiger partial charge on any atom is -0.543 e. The second kappa shape index (κ2) is 22.3. The molecule has 38 heavy (non-hydrogen) atoms. The number of hydrogen-bond donors (Lipinski definition) is 2. The van der Waals surface area contributed by atoms with E-state index in [1.165, 1.54) is 0 Å². The van der Waals surface area contributed by atoms with Gasteiger partial charge in [0.05, 0.1) is 105 Å². The molecule has 0 spiro atoms. The van der Waals surface area contributed by atoms with E-state index in [-0.39, 0.29) is 6.61 Å². The maximum absolute atomic E-state index is 8.57. The van der Waals surface area contributed by atoms with E-state index in [0.29, 0.717) is 98.2 Å². The van der Waals surface area contributed by atoms with Gasteiger partial charge in [-0.15, -0.1) is 0 Å². The average molecular weight is 563 g/mol. The molecule has 0 fully saturated rings. The Hall–Kier alpha value is -1.48. The Morgan fingerprint density at radius 1 is 0.658 bits per heavy atom. The minimum atomic E-state index is -1.73. The molecule has 0 aliphatic rings. The zero-order valence-electron chi connectivity index (χ0n) is 23.8. The third-order valence-electron chi connectivity index (χ3n) is 4.89. The summed E-state index contributed by atoms with van der Waals surface area (Å²) in [7, 11) is 0.296. The van der Waals surface area contributed by atoms with E-state index in [0.717, 1.165) is 18.0 Å². The number of hydrogen-bond acceptors (Lipinski definition) is 11. The number of benzene rings is 1. The molecule has 0 aromatic heterocycles. The van der Waals surface area contributed by atoms with E-state index >= 15 is 0 Å². The van der Waals surface area contributed by atoms with Crippen LogP contribution in [0, 0.1) is 0 Å². The van der Waals surface area contributed by atoms with Gasteiger partial charge in [0.15, 0.2) is 0 Å². The zero-order valence-corrected chi connectivity index (χ0v) is 24.8. The van der Waals surface area contributed by atoms with Gasteiger partial charge in [0.25, 0.3) is 0 Å². The quantitative estimate of drug-likeness (QED) is 0.0979. The Balaban J connectivity index is 1.87. The molecule has 0 saturated heterocycles. The van der Waals surface area contributed by atoms with Crippen molar-refractivity contribution < 1.29 is 42.7 Å². The van der Waals surface area contributed by atoms with Crippen LogP contribution < -0.4 is 15.1 Å². The Morgan fingerprint density at radius 3 is 1.45 bits per heavy atom. The minimum absolute atomic E-state index is 0.0283. The first-order valence-electron chi connectivity index (χ1n) is 13.3. The van der Waals surface area contributed by atoms with Gasteiger partial charge in [-0.1, -0.05) is 0 Å². The molecule has 0 aliphatic heterocycles. The fourth-order valence-corrected chi connectivity index (χ4v) is 3.83. The topological polar surface area (TPSA) is 123 Å². The predicted molar refractivity (Wildman–Crippen MR) is 151 cm³/mol. The van der Waals surface area contributed by atoms with Crippen LogP contribution in [-0.4, -0.2) is 126 Å². The van der Waals surface area contributed by atoms with E-state index in [1.807, 2.05) is 25.2 Å². The Morgan fingerprint density at radius 2 is 1.05 bits per heavy atom. The molecule has 0 aliphatic carbocycles. The third kappa shape index (κ3) is 19.6. The van der Waals surface area contributed by atoms with Gasteiger partial charge in [0, 0.05) is 25.3 Å². The van der Waals surface area contributed by atoms with Crippen molar-refractivity contribution in [3.63, 3.8) is 0 Å².